The molecule has 14 N–H and O–H groups in total. The molecule has 0 bridgehead atoms. The van der Waals surface area contributed by atoms with E-state index in [2.05, 4.69) is 0 Å². The van der Waals surface area contributed by atoms with Gasteiger partial charge < -0.3 is 80.6 Å². The van der Waals surface area contributed by atoms with Gasteiger partial charge in [0.15, 0.2) is 12.2 Å². The lowest BCUT2D eigenvalue weighted by Gasteiger charge is -2.47. The quantitative estimate of drug-likeness (QED) is 0.0748. The molecule has 16 nitrogen and oxygen atoms in total. The molecular weight excluding hydrogens is 580 g/mol. The fourth-order valence-corrected chi connectivity index (χ4v) is 6.47. The Morgan fingerprint density at radius 1 is 0.581 bits per heavy atom. The normalized spacial score (nSPS) is 39.1. The minimum Gasteiger partial charge on any atom is -0.427 e. The molecule has 0 amide bonds. The predicted octanol–water partition coefficient (Wildman–Crippen LogP) is -6.41. The maximum Gasteiger partial charge on any atom is 0.184 e. The van der Waals surface area contributed by atoms with E-state index in [0.717, 1.165) is 0 Å². The SMILES string of the molecule is OCC(O)C(O)C(O)C(O)COC1CC(O)CC2[OH+]C(C3CCC(O)C(O)C3)C(OCC(O)C(O)C(O)C(O)CO)CC12. The smallest absolute Gasteiger partial charge is 0.184 e. The summed E-state index contributed by atoms with van der Waals surface area (Å²) in [7, 11) is 0. The molecule has 3 aliphatic rings. The highest BCUT2D eigenvalue weighted by molar-refractivity contribution is 4.98. The number of rotatable bonds is 15. The van der Waals surface area contributed by atoms with Gasteiger partial charge in [0.2, 0.25) is 0 Å². The van der Waals surface area contributed by atoms with E-state index in [4.69, 9.17) is 24.4 Å². The van der Waals surface area contributed by atoms with Crippen LogP contribution in [0.25, 0.3) is 0 Å². The van der Waals surface area contributed by atoms with Crippen molar-refractivity contribution in [1.29, 1.82) is 0 Å². The first-order valence-electron chi connectivity index (χ1n) is 14.9. The van der Waals surface area contributed by atoms with Crippen molar-refractivity contribution in [1.82, 2.24) is 0 Å². The Labute approximate surface area is 249 Å². The summed E-state index contributed by atoms with van der Waals surface area (Å²) in [5, 5.41) is 129. The first-order valence-corrected chi connectivity index (χ1v) is 14.9. The van der Waals surface area contributed by atoms with Crippen LogP contribution in [0, 0.1) is 11.8 Å². The zero-order valence-electron chi connectivity index (χ0n) is 24.0. The molecule has 1 saturated heterocycles. The average Bonchev–Trinajstić information content (AvgIpc) is 3.00. The fraction of sp³-hybridized carbons (Fsp3) is 1.00. The van der Waals surface area contributed by atoms with Gasteiger partial charge >= 0.3 is 0 Å². The molecule has 0 radical (unpaired) electrons. The lowest BCUT2D eigenvalue weighted by Crippen LogP contribution is -2.59. The van der Waals surface area contributed by atoms with E-state index in [1.807, 2.05) is 0 Å². The van der Waals surface area contributed by atoms with Crippen LogP contribution in [0.15, 0.2) is 0 Å². The van der Waals surface area contributed by atoms with E-state index in [0.29, 0.717) is 19.3 Å². The van der Waals surface area contributed by atoms with E-state index in [-0.39, 0.29) is 31.1 Å². The molecule has 0 spiro atoms. The number of fused-ring (bicyclic) bond motifs is 1. The van der Waals surface area contributed by atoms with Crippen LogP contribution in [0.4, 0.5) is 0 Å². The summed E-state index contributed by atoms with van der Waals surface area (Å²) in [5.74, 6) is -0.590. The summed E-state index contributed by atoms with van der Waals surface area (Å²) in [5.41, 5.74) is 0. The summed E-state index contributed by atoms with van der Waals surface area (Å²) >= 11 is 0. The molecule has 3 rings (SSSR count). The lowest BCUT2D eigenvalue weighted by molar-refractivity contribution is -0.310. The molecule has 2 saturated carbocycles. The van der Waals surface area contributed by atoms with Crippen LogP contribution in [0.2, 0.25) is 0 Å². The Hall–Kier alpha value is -0.640. The molecule has 0 aromatic carbocycles. The Balaban J connectivity index is 1.73. The Morgan fingerprint density at radius 2 is 1.09 bits per heavy atom. The molecule has 0 aromatic heterocycles. The topological polar surface area (TPSA) is 294 Å². The highest BCUT2D eigenvalue weighted by atomic mass is 16.6. The lowest BCUT2D eigenvalue weighted by atomic mass is 9.72. The third-order valence-electron chi connectivity index (χ3n) is 9.16. The second-order valence-corrected chi connectivity index (χ2v) is 12.3. The molecule has 254 valence electrons. The second-order valence-electron chi connectivity index (χ2n) is 12.3. The zero-order chi connectivity index (χ0) is 32.0. The molecule has 16 heteroatoms. The van der Waals surface area contributed by atoms with Gasteiger partial charge in [0, 0.05) is 18.8 Å². The van der Waals surface area contributed by atoms with E-state index in [9.17, 15) is 56.2 Å². The van der Waals surface area contributed by atoms with E-state index in [1.54, 1.807) is 0 Å². The van der Waals surface area contributed by atoms with Crippen molar-refractivity contribution in [3.05, 3.63) is 0 Å². The predicted molar refractivity (Wildman–Crippen MR) is 144 cm³/mol. The highest BCUT2D eigenvalue weighted by Crippen LogP contribution is 2.42. The summed E-state index contributed by atoms with van der Waals surface area (Å²) in [6, 6.07) is 0. The third kappa shape index (κ3) is 9.45. The van der Waals surface area contributed by atoms with E-state index in [1.165, 1.54) is 0 Å². The highest BCUT2D eigenvalue weighted by Gasteiger charge is 2.53. The maximum atomic E-state index is 10.6. The van der Waals surface area contributed by atoms with Crippen LogP contribution in [0.1, 0.15) is 38.5 Å². The monoisotopic (exact) mass is 631 g/mol. The van der Waals surface area contributed by atoms with Crippen molar-refractivity contribution in [3.63, 3.8) is 0 Å². The summed E-state index contributed by atoms with van der Waals surface area (Å²) < 4.78 is 16.9. The van der Waals surface area contributed by atoms with E-state index >= 15 is 0 Å². The van der Waals surface area contributed by atoms with Crippen LogP contribution >= 0.6 is 0 Å². The molecule has 3 fully saturated rings. The zero-order valence-corrected chi connectivity index (χ0v) is 24.0. The number of hydrogen-bond donors (Lipinski definition) is 13. The summed E-state index contributed by atoms with van der Waals surface area (Å²) in [4.78, 5) is 0. The van der Waals surface area contributed by atoms with Crippen molar-refractivity contribution >= 4 is 0 Å². The van der Waals surface area contributed by atoms with Crippen LogP contribution in [0.5, 0.6) is 0 Å². The molecule has 17 atom stereocenters. The van der Waals surface area contributed by atoms with Gasteiger partial charge in [-0.3, -0.25) is 0 Å². The van der Waals surface area contributed by atoms with Gasteiger partial charge in [-0.15, -0.1) is 0 Å². The second kappa shape index (κ2) is 16.8. The minimum absolute atomic E-state index is 0.152. The van der Waals surface area contributed by atoms with Gasteiger partial charge in [-0.1, -0.05) is 0 Å². The fourth-order valence-electron chi connectivity index (χ4n) is 6.47. The van der Waals surface area contributed by atoms with Gasteiger partial charge in [0.05, 0.1) is 56.8 Å². The Morgan fingerprint density at radius 3 is 1.60 bits per heavy atom. The minimum atomic E-state index is -1.84. The van der Waals surface area contributed by atoms with Crippen molar-refractivity contribution in [2.24, 2.45) is 11.8 Å². The standard InChI is InChI=1S/C27H50O16/c28-7-16(33)23(37)25(39)18(35)9-41-20-4-12(30)5-21-13(20)6-22(27(43-21)11-1-2-14(31)15(32)3-11)42-10-19(36)26(40)24(38)17(34)8-29/h11-40H,1-10H2/p+1. The van der Waals surface area contributed by atoms with Crippen LogP contribution in [-0.4, -0.2) is 189 Å². The number of ether oxygens (including phenoxy) is 3. The van der Waals surface area contributed by atoms with Crippen LogP contribution in [-0.2, 0) is 9.47 Å². The van der Waals surface area contributed by atoms with Gasteiger partial charge in [-0.05, 0) is 25.7 Å². The largest absolute Gasteiger partial charge is 0.427 e. The Bertz CT molecular complexity index is 809. The molecule has 0 aromatic rings. The van der Waals surface area contributed by atoms with Crippen molar-refractivity contribution in [3.8, 4) is 0 Å². The number of aliphatic hydroxyl groups is 15. The van der Waals surface area contributed by atoms with Gasteiger partial charge in [0.25, 0.3) is 0 Å². The maximum absolute atomic E-state index is 10.6. The summed E-state index contributed by atoms with van der Waals surface area (Å²) in [6.45, 7) is -2.63. The van der Waals surface area contributed by atoms with Gasteiger partial charge in [0.1, 0.15) is 54.9 Å². The first kappa shape index (κ1) is 36.8. The number of aliphatic hydroxyl groups excluding tert-OH is 13. The van der Waals surface area contributed by atoms with Gasteiger partial charge in [-0.25, -0.2) is 0 Å². The van der Waals surface area contributed by atoms with Crippen molar-refractivity contribution < 1.29 is 80.6 Å². The van der Waals surface area contributed by atoms with Crippen LogP contribution < -0.4 is 0 Å². The molecule has 43 heavy (non-hydrogen) atoms. The molecule has 2 aliphatic carbocycles. The van der Waals surface area contributed by atoms with Crippen molar-refractivity contribution in [2.45, 2.75) is 130 Å². The van der Waals surface area contributed by atoms with Gasteiger partial charge in [-0.2, -0.15) is 0 Å². The first-order chi connectivity index (χ1) is 20.3. The molecular formula is C27H51O16+. The molecule has 1 aliphatic heterocycles. The molecule has 1 heterocycles. The molecule has 17 unspecified atom stereocenters. The third-order valence-corrected chi connectivity index (χ3v) is 9.16. The Kier molecular flexibility index (Phi) is 14.4. The average molecular weight is 632 g/mol. The van der Waals surface area contributed by atoms with E-state index < -0.39 is 118 Å². The summed E-state index contributed by atoms with van der Waals surface area (Å²) in [6.07, 6.45) is -17.2. The number of hydrogen-bond acceptors (Lipinski definition) is 15. The van der Waals surface area contributed by atoms with Crippen LogP contribution in [0.3, 0.4) is 0 Å². The van der Waals surface area contributed by atoms with Crippen molar-refractivity contribution in [2.75, 3.05) is 26.4 Å².